The first-order valence-corrected chi connectivity index (χ1v) is 8.19. The number of carboxylic acids is 1. The van der Waals surface area contributed by atoms with E-state index in [4.69, 9.17) is 14.6 Å². The Morgan fingerprint density at radius 3 is 2.40 bits per heavy atom. The molecule has 20 heavy (non-hydrogen) atoms. The summed E-state index contributed by atoms with van der Waals surface area (Å²) >= 11 is 0. The molecular weight excluding hydrogens is 256 g/mol. The second-order valence-electron chi connectivity index (χ2n) is 6.80. The smallest absolute Gasteiger partial charge is 0.306 e. The molecule has 1 saturated heterocycles. The molecule has 4 heteroatoms. The van der Waals surface area contributed by atoms with E-state index in [0.717, 1.165) is 45.1 Å². The lowest BCUT2D eigenvalue weighted by Gasteiger charge is -2.40. The summed E-state index contributed by atoms with van der Waals surface area (Å²) in [4.78, 5) is 11.0. The molecule has 0 aromatic carbocycles. The van der Waals surface area contributed by atoms with Crippen molar-refractivity contribution in [3.63, 3.8) is 0 Å². The summed E-state index contributed by atoms with van der Waals surface area (Å²) in [5.41, 5.74) is 0.112. The maximum atomic E-state index is 11.0. The molecule has 114 valence electrons. The molecule has 2 aliphatic carbocycles. The van der Waals surface area contributed by atoms with Crippen molar-refractivity contribution in [2.75, 3.05) is 6.61 Å². The molecule has 0 bridgehead atoms. The fraction of sp³-hybridized carbons (Fsp3) is 0.938. The lowest BCUT2D eigenvalue weighted by Crippen LogP contribution is -2.42. The van der Waals surface area contributed by atoms with Crippen LogP contribution in [0.1, 0.15) is 64.2 Å². The number of ether oxygens (including phenoxy) is 2. The molecule has 1 unspecified atom stereocenters. The summed E-state index contributed by atoms with van der Waals surface area (Å²) in [5.74, 6) is -0.787. The van der Waals surface area contributed by atoms with Crippen LogP contribution in [-0.2, 0) is 14.3 Å². The average Bonchev–Trinajstić information content (AvgIpc) is 2.87. The summed E-state index contributed by atoms with van der Waals surface area (Å²) < 4.78 is 12.3. The Bertz CT molecular complexity index is 340. The zero-order chi connectivity index (χ0) is 14.0. The predicted octanol–water partition coefficient (Wildman–Crippen LogP) is 3.14. The molecule has 1 atom stereocenters. The average molecular weight is 282 g/mol. The first kappa shape index (κ1) is 14.3. The molecule has 1 N–H and O–H groups in total. The molecule has 0 radical (unpaired) electrons. The number of carbonyl (C=O) groups is 1. The number of hydrogen-bond acceptors (Lipinski definition) is 3. The summed E-state index contributed by atoms with van der Waals surface area (Å²) in [5, 5.41) is 9.03. The molecule has 3 fully saturated rings. The van der Waals surface area contributed by atoms with Gasteiger partial charge in [-0.25, -0.2) is 0 Å². The highest BCUT2D eigenvalue weighted by molar-refractivity contribution is 5.70. The van der Waals surface area contributed by atoms with Crippen LogP contribution in [0.3, 0.4) is 0 Å². The van der Waals surface area contributed by atoms with Crippen LogP contribution in [0.5, 0.6) is 0 Å². The number of hydrogen-bond donors (Lipinski definition) is 1. The molecule has 3 aliphatic rings. The van der Waals surface area contributed by atoms with Crippen molar-refractivity contribution >= 4 is 5.97 Å². The molecule has 3 rings (SSSR count). The van der Waals surface area contributed by atoms with E-state index in [1.807, 2.05) is 0 Å². The van der Waals surface area contributed by atoms with Gasteiger partial charge >= 0.3 is 5.97 Å². The topological polar surface area (TPSA) is 55.8 Å². The maximum absolute atomic E-state index is 11.0. The van der Waals surface area contributed by atoms with Crippen LogP contribution in [-0.4, -0.2) is 35.5 Å². The lowest BCUT2D eigenvalue weighted by atomic mass is 9.86. The highest BCUT2D eigenvalue weighted by Gasteiger charge is 2.41. The van der Waals surface area contributed by atoms with Gasteiger partial charge in [0.05, 0.1) is 23.7 Å². The number of rotatable bonds is 3. The normalized spacial score (nSPS) is 37.1. The first-order valence-electron chi connectivity index (χ1n) is 8.19. The van der Waals surface area contributed by atoms with Crippen LogP contribution in [0.4, 0.5) is 0 Å². The van der Waals surface area contributed by atoms with Gasteiger partial charge in [0.2, 0.25) is 0 Å². The molecule has 1 heterocycles. The van der Waals surface area contributed by atoms with Gasteiger partial charge in [0.1, 0.15) is 0 Å². The lowest BCUT2D eigenvalue weighted by molar-refractivity contribution is -0.154. The van der Waals surface area contributed by atoms with Crippen molar-refractivity contribution < 1.29 is 19.4 Å². The quantitative estimate of drug-likeness (QED) is 0.864. The third-order valence-corrected chi connectivity index (χ3v) is 5.37. The zero-order valence-electron chi connectivity index (χ0n) is 12.2. The molecule has 0 aromatic rings. The summed E-state index contributed by atoms with van der Waals surface area (Å²) in [6, 6.07) is 0. The van der Waals surface area contributed by atoms with Gasteiger partial charge in [-0.15, -0.1) is 0 Å². The van der Waals surface area contributed by atoms with E-state index in [1.165, 1.54) is 25.7 Å². The molecule has 1 spiro atoms. The van der Waals surface area contributed by atoms with Crippen molar-refractivity contribution in [3.05, 3.63) is 0 Å². The van der Waals surface area contributed by atoms with E-state index < -0.39 is 5.97 Å². The molecular formula is C16H26O4. The molecule has 0 amide bonds. The van der Waals surface area contributed by atoms with Crippen LogP contribution in [0.25, 0.3) is 0 Å². The Balaban J connectivity index is 1.47. The van der Waals surface area contributed by atoms with E-state index in [9.17, 15) is 4.79 Å². The van der Waals surface area contributed by atoms with E-state index in [-0.39, 0.29) is 17.6 Å². The fourth-order valence-electron chi connectivity index (χ4n) is 4.18. The molecule has 1 aliphatic heterocycles. The first-order chi connectivity index (χ1) is 9.67. The van der Waals surface area contributed by atoms with E-state index in [1.54, 1.807) is 0 Å². The Labute approximate surface area is 120 Å². The van der Waals surface area contributed by atoms with Gasteiger partial charge in [-0.2, -0.15) is 0 Å². The third-order valence-electron chi connectivity index (χ3n) is 5.37. The Morgan fingerprint density at radius 1 is 1.05 bits per heavy atom. The minimum Gasteiger partial charge on any atom is -0.481 e. The van der Waals surface area contributed by atoms with Crippen LogP contribution in [0, 0.1) is 5.92 Å². The fourth-order valence-corrected chi connectivity index (χ4v) is 4.18. The van der Waals surface area contributed by atoms with Crippen molar-refractivity contribution in [3.8, 4) is 0 Å². The molecule has 0 aromatic heterocycles. The van der Waals surface area contributed by atoms with Gasteiger partial charge in [0, 0.05) is 13.0 Å². The second-order valence-corrected chi connectivity index (χ2v) is 6.80. The summed E-state index contributed by atoms with van der Waals surface area (Å²) in [6.45, 7) is 0.829. The largest absolute Gasteiger partial charge is 0.481 e. The number of carboxylic acid groups (broad SMARTS) is 1. The van der Waals surface area contributed by atoms with Crippen LogP contribution >= 0.6 is 0 Å². The van der Waals surface area contributed by atoms with Crippen LogP contribution in [0.2, 0.25) is 0 Å². The Hall–Kier alpha value is -0.610. The number of aliphatic carboxylic acids is 1. The minimum atomic E-state index is -0.639. The highest BCUT2D eigenvalue weighted by Crippen LogP contribution is 2.41. The van der Waals surface area contributed by atoms with Gasteiger partial charge in [-0.05, 0) is 44.9 Å². The van der Waals surface area contributed by atoms with Gasteiger partial charge in [0.25, 0.3) is 0 Å². The Kier molecular flexibility index (Phi) is 4.32. The molecule has 2 saturated carbocycles. The highest BCUT2D eigenvalue weighted by atomic mass is 16.5. The SMILES string of the molecule is O=C(O)C1CCC(OC2CCOC3(CCCC3)C2)CC1. The van der Waals surface area contributed by atoms with Crippen LogP contribution < -0.4 is 0 Å². The summed E-state index contributed by atoms with van der Waals surface area (Å²) in [6.07, 6.45) is 11.0. The van der Waals surface area contributed by atoms with Gasteiger partial charge in [-0.3, -0.25) is 4.79 Å². The second kappa shape index (κ2) is 6.02. The van der Waals surface area contributed by atoms with Crippen molar-refractivity contribution in [2.24, 2.45) is 5.92 Å². The monoisotopic (exact) mass is 282 g/mol. The van der Waals surface area contributed by atoms with Crippen molar-refractivity contribution in [2.45, 2.75) is 82.0 Å². The molecule has 4 nitrogen and oxygen atoms in total. The summed E-state index contributed by atoms with van der Waals surface area (Å²) in [7, 11) is 0. The third kappa shape index (κ3) is 3.17. The van der Waals surface area contributed by atoms with Gasteiger partial charge in [-0.1, -0.05) is 12.8 Å². The minimum absolute atomic E-state index is 0.112. The van der Waals surface area contributed by atoms with Crippen molar-refractivity contribution in [1.82, 2.24) is 0 Å². The van der Waals surface area contributed by atoms with E-state index in [0.29, 0.717) is 6.10 Å². The van der Waals surface area contributed by atoms with E-state index >= 15 is 0 Å². The van der Waals surface area contributed by atoms with Crippen molar-refractivity contribution in [1.29, 1.82) is 0 Å². The van der Waals surface area contributed by atoms with E-state index in [2.05, 4.69) is 0 Å². The van der Waals surface area contributed by atoms with Gasteiger partial charge in [0.15, 0.2) is 0 Å². The maximum Gasteiger partial charge on any atom is 0.306 e. The predicted molar refractivity (Wildman–Crippen MR) is 74.6 cm³/mol. The zero-order valence-corrected chi connectivity index (χ0v) is 12.2. The van der Waals surface area contributed by atoms with Crippen LogP contribution in [0.15, 0.2) is 0 Å². The Morgan fingerprint density at radius 2 is 1.75 bits per heavy atom. The standard InChI is InChI=1S/C16H26O4/c17-15(18)12-3-5-13(6-4-12)20-14-7-10-19-16(11-14)8-1-2-9-16/h12-14H,1-11H2,(H,17,18). The van der Waals surface area contributed by atoms with Gasteiger partial charge < -0.3 is 14.6 Å².